The van der Waals surface area contributed by atoms with Crippen LogP contribution in [0.4, 0.5) is 0 Å². The van der Waals surface area contributed by atoms with Gasteiger partial charge >= 0.3 is 0 Å². The number of nitrogens with zero attached hydrogens (tertiary/aromatic N) is 5. The van der Waals surface area contributed by atoms with Crippen molar-refractivity contribution >= 4 is 45.2 Å². The molecule has 3 heterocycles. The molecule has 2 aromatic rings. The number of thiocarbonyl (C=S) groups is 1. The van der Waals surface area contributed by atoms with Crippen LogP contribution in [0.2, 0.25) is 0 Å². The smallest absolute Gasteiger partial charge is 0.276 e. The Morgan fingerprint density at radius 1 is 1.29 bits per heavy atom. The molecule has 0 radical (unpaired) electrons. The first-order valence-electron chi connectivity index (χ1n) is 7.60. The van der Waals surface area contributed by atoms with Crippen LogP contribution >= 0.6 is 28.1 Å². The fraction of sp³-hybridized carbons (Fsp3) is 0.333. The molecule has 1 fully saturated rings. The van der Waals surface area contributed by atoms with Crippen molar-refractivity contribution in [2.24, 2.45) is 0 Å². The van der Waals surface area contributed by atoms with E-state index in [4.69, 9.17) is 12.2 Å². The lowest BCUT2D eigenvalue weighted by Gasteiger charge is -2.12. The fourth-order valence-electron chi connectivity index (χ4n) is 2.46. The van der Waals surface area contributed by atoms with E-state index in [1.54, 1.807) is 23.4 Å². The summed E-state index contributed by atoms with van der Waals surface area (Å²) in [5.74, 6) is -0.153. The molecule has 0 spiro atoms. The molecule has 126 valence electrons. The predicted octanol–water partition coefficient (Wildman–Crippen LogP) is 2.14. The highest BCUT2D eigenvalue weighted by atomic mass is 79.9. The van der Waals surface area contributed by atoms with Crippen molar-refractivity contribution < 1.29 is 4.79 Å². The van der Waals surface area contributed by atoms with Gasteiger partial charge in [0, 0.05) is 24.8 Å². The molecule has 0 atom stereocenters. The van der Waals surface area contributed by atoms with E-state index in [-0.39, 0.29) is 5.91 Å². The van der Waals surface area contributed by atoms with Crippen molar-refractivity contribution in [1.29, 1.82) is 0 Å². The Morgan fingerprint density at radius 2 is 2.08 bits per heavy atom. The molecular weight excluding hydrogens is 392 g/mol. The zero-order chi connectivity index (χ0) is 17.3. The SMILES string of the molecule is CCn1cc(CN2C(=O)/C(=C\c3c(Br)cnn3CC)NC2=S)cn1. The van der Waals surface area contributed by atoms with Crippen LogP contribution in [0.15, 0.2) is 28.8 Å². The summed E-state index contributed by atoms with van der Waals surface area (Å²) in [5, 5.41) is 11.9. The molecule has 1 aliphatic rings. The van der Waals surface area contributed by atoms with E-state index < -0.39 is 0 Å². The van der Waals surface area contributed by atoms with E-state index in [0.717, 1.165) is 22.3 Å². The van der Waals surface area contributed by atoms with Gasteiger partial charge in [-0.2, -0.15) is 10.2 Å². The zero-order valence-electron chi connectivity index (χ0n) is 13.4. The summed E-state index contributed by atoms with van der Waals surface area (Å²) in [4.78, 5) is 14.2. The number of amides is 1. The summed E-state index contributed by atoms with van der Waals surface area (Å²) in [7, 11) is 0. The van der Waals surface area contributed by atoms with E-state index >= 15 is 0 Å². The molecule has 0 aromatic carbocycles. The third-order valence-electron chi connectivity index (χ3n) is 3.73. The molecule has 0 unspecified atom stereocenters. The highest BCUT2D eigenvalue weighted by molar-refractivity contribution is 9.10. The van der Waals surface area contributed by atoms with E-state index in [2.05, 4.69) is 31.4 Å². The Morgan fingerprint density at radius 3 is 2.75 bits per heavy atom. The monoisotopic (exact) mass is 408 g/mol. The summed E-state index contributed by atoms with van der Waals surface area (Å²) in [6, 6.07) is 0. The minimum atomic E-state index is -0.153. The van der Waals surface area contributed by atoms with Gasteiger partial charge in [-0.15, -0.1) is 0 Å². The summed E-state index contributed by atoms with van der Waals surface area (Å²) in [6.07, 6.45) is 7.15. The van der Waals surface area contributed by atoms with Gasteiger partial charge in [0.2, 0.25) is 0 Å². The van der Waals surface area contributed by atoms with Crippen molar-refractivity contribution in [3.63, 3.8) is 0 Å². The van der Waals surface area contributed by atoms with Crippen LogP contribution in [0.5, 0.6) is 0 Å². The molecule has 9 heteroatoms. The van der Waals surface area contributed by atoms with E-state index in [9.17, 15) is 4.79 Å². The maximum Gasteiger partial charge on any atom is 0.276 e. The van der Waals surface area contributed by atoms with Crippen LogP contribution in [0.1, 0.15) is 25.1 Å². The second-order valence-corrected chi connectivity index (χ2v) is 6.52. The first-order valence-corrected chi connectivity index (χ1v) is 8.80. The maximum absolute atomic E-state index is 12.7. The first kappa shape index (κ1) is 16.8. The van der Waals surface area contributed by atoms with Gasteiger partial charge in [0.05, 0.1) is 29.1 Å². The van der Waals surface area contributed by atoms with Crippen molar-refractivity contribution in [2.45, 2.75) is 33.5 Å². The second kappa shape index (κ2) is 6.86. The van der Waals surface area contributed by atoms with Crippen molar-refractivity contribution in [3.05, 3.63) is 40.0 Å². The lowest BCUT2D eigenvalue weighted by atomic mass is 10.3. The number of hydrogen-bond acceptors (Lipinski definition) is 4. The van der Waals surface area contributed by atoms with Gasteiger partial charge in [-0.1, -0.05) is 0 Å². The maximum atomic E-state index is 12.7. The second-order valence-electron chi connectivity index (χ2n) is 5.28. The fourth-order valence-corrected chi connectivity index (χ4v) is 3.13. The molecule has 0 bridgehead atoms. The van der Waals surface area contributed by atoms with Crippen molar-refractivity contribution in [2.75, 3.05) is 0 Å². The van der Waals surface area contributed by atoms with Gasteiger partial charge < -0.3 is 5.32 Å². The van der Waals surface area contributed by atoms with Gasteiger partial charge in [-0.3, -0.25) is 19.1 Å². The molecule has 24 heavy (non-hydrogen) atoms. The predicted molar refractivity (Wildman–Crippen MR) is 97.8 cm³/mol. The van der Waals surface area contributed by atoms with Crippen molar-refractivity contribution in [3.8, 4) is 0 Å². The van der Waals surface area contributed by atoms with Crippen LogP contribution < -0.4 is 5.32 Å². The molecule has 0 saturated carbocycles. The largest absolute Gasteiger partial charge is 0.328 e. The van der Waals surface area contributed by atoms with Gasteiger partial charge in [0.15, 0.2) is 5.11 Å². The van der Waals surface area contributed by atoms with E-state index in [1.807, 2.05) is 29.4 Å². The number of hydrogen-bond donors (Lipinski definition) is 1. The molecule has 0 aliphatic carbocycles. The number of nitrogens with one attached hydrogen (secondary N) is 1. The minimum Gasteiger partial charge on any atom is -0.328 e. The van der Waals surface area contributed by atoms with Crippen molar-refractivity contribution in [1.82, 2.24) is 29.8 Å². The molecule has 2 aromatic heterocycles. The third-order valence-corrected chi connectivity index (χ3v) is 4.66. The normalized spacial score (nSPS) is 16.3. The molecule has 1 aliphatic heterocycles. The number of carbonyl (C=O) groups is 1. The molecular formula is C15H17BrN6OS. The summed E-state index contributed by atoms with van der Waals surface area (Å²) in [5.41, 5.74) is 2.21. The Labute approximate surface area is 153 Å². The summed E-state index contributed by atoms with van der Waals surface area (Å²) < 4.78 is 4.46. The topological polar surface area (TPSA) is 68.0 Å². The Balaban J connectivity index is 1.83. The van der Waals surface area contributed by atoms with Crippen LogP contribution in [0.3, 0.4) is 0 Å². The van der Waals surface area contributed by atoms with E-state index in [1.165, 1.54) is 0 Å². The highest BCUT2D eigenvalue weighted by Gasteiger charge is 2.31. The average molecular weight is 409 g/mol. The molecule has 1 N–H and O–H groups in total. The van der Waals surface area contributed by atoms with Gasteiger partial charge in [0.1, 0.15) is 5.70 Å². The lowest BCUT2D eigenvalue weighted by Crippen LogP contribution is -2.29. The highest BCUT2D eigenvalue weighted by Crippen LogP contribution is 2.22. The van der Waals surface area contributed by atoms with Gasteiger partial charge in [0.25, 0.3) is 5.91 Å². The number of halogens is 1. The summed E-state index contributed by atoms with van der Waals surface area (Å²) >= 11 is 8.77. The van der Waals surface area contributed by atoms with Crippen LogP contribution in [-0.4, -0.2) is 35.5 Å². The Hall–Kier alpha value is -2.00. The van der Waals surface area contributed by atoms with Crippen LogP contribution in [0.25, 0.3) is 6.08 Å². The Kier molecular flexibility index (Phi) is 4.81. The van der Waals surface area contributed by atoms with Gasteiger partial charge in [-0.05, 0) is 48.1 Å². The first-order chi connectivity index (χ1) is 11.5. The lowest BCUT2D eigenvalue weighted by molar-refractivity contribution is -0.122. The number of carbonyl (C=O) groups excluding carboxylic acids is 1. The van der Waals surface area contributed by atoms with Crippen LogP contribution in [-0.2, 0) is 24.4 Å². The quantitative estimate of drug-likeness (QED) is 0.606. The van der Waals surface area contributed by atoms with Crippen LogP contribution in [0, 0.1) is 0 Å². The average Bonchev–Trinajstić information content (AvgIpc) is 3.24. The number of aryl methyl sites for hydroxylation is 2. The molecule has 1 amide bonds. The third kappa shape index (κ3) is 3.13. The molecule has 3 rings (SSSR count). The zero-order valence-corrected chi connectivity index (χ0v) is 15.8. The Bertz CT molecular complexity index is 824. The summed E-state index contributed by atoms with van der Waals surface area (Å²) in [6.45, 7) is 5.91. The molecule has 7 nitrogen and oxygen atoms in total. The minimum absolute atomic E-state index is 0.153. The standard InChI is InChI=1S/C15H17BrN6OS/c1-3-20-8-10(6-17-20)9-21-14(23)12(19-15(21)24)5-13-11(16)7-18-22(13)4-2/h5-8H,3-4,9H2,1-2H3,(H,19,24)/b12-5+. The molecule has 1 saturated heterocycles. The number of rotatable bonds is 5. The number of aromatic nitrogens is 4. The van der Waals surface area contributed by atoms with Gasteiger partial charge in [-0.25, -0.2) is 0 Å². The van der Waals surface area contributed by atoms with E-state index in [0.29, 0.717) is 23.9 Å².